The minimum atomic E-state index is -3.95. The minimum Gasteiger partial charge on any atom is -0.197 e. The molecule has 4 aromatic carbocycles. The van der Waals surface area contributed by atoms with Gasteiger partial charge in [-0.2, -0.15) is 18.6 Å². The fraction of sp³-hybridized carbons (Fsp3) is 0. The van der Waals surface area contributed by atoms with E-state index in [1.54, 1.807) is 12.1 Å². The highest BCUT2D eigenvalue weighted by Gasteiger charge is 2.19. The van der Waals surface area contributed by atoms with Crippen LogP contribution in [0.5, 0.6) is 0 Å². The van der Waals surface area contributed by atoms with E-state index in [9.17, 15) is 8.42 Å². The van der Waals surface area contributed by atoms with Gasteiger partial charge >= 0.3 is 10.1 Å². The molecule has 0 aliphatic carbocycles. The van der Waals surface area contributed by atoms with Gasteiger partial charge in [-0.05, 0) is 33.0 Å². The molecule has 4 aromatic rings. The average molecular weight is 297 g/mol. The molecule has 0 aromatic heterocycles. The van der Waals surface area contributed by atoms with Crippen molar-refractivity contribution in [2.75, 3.05) is 0 Å². The van der Waals surface area contributed by atoms with Crippen LogP contribution in [0.4, 0.5) is 0 Å². The van der Waals surface area contributed by atoms with E-state index >= 15 is 0 Å². The van der Waals surface area contributed by atoms with Gasteiger partial charge in [-0.3, -0.25) is 0 Å². The van der Waals surface area contributed by atoms with Crippen LogP contribution in [-0.4, -0.2) is 8.42 Å². The molecule has 0 radical (unpaired) electrons. The Labute approximate surface area is 121 Å². The largest absolute Gasteiger partial charge is 0.313 e. The van der Waals surface area contributed by atoms with Gasteiger partial charge in [0.1, 0.15) is 4.90 Å². The van der Waals surface area contributed by atoms with Crippen molar-refractivity contribution in [3.63, 3.8) is 0 Å². The lowest BCUT2D eigenvalue weighted by atomic mass is 9.94. The molecule has 21 heavy (non-hydrogen) atoms. The van der Waals surface area contributed by atoms with Crippen molar-refractivity contribution >= 4 is 42.4 Å². The van der Waals surface area contributed by atoms with E-state index in [1.807, 2.05) is 36.4 Å². The quantitative estimate of drug-likeness (QED) is 0.456. The Hall–Kier alpha value is -2.21. The summed E-state index contributed by atoms with van der Waals surface area (Å²) < 4.78 is 28.2. The highest BCUT2D eigenvalue weighted by molar-refractivity contribution is 7.87. The first kappa shape index (κ1) is 12.5. The molecule has 0 amide bonds. The Kier molecular flexibility index (Phi) is 2.47. The first-order chi connectivity index (χ1) is 10.1. The molecule has 5 heteroatoms. The van der Waals surface area contributed by atoms with Gasteiger partial charge in [0.05, 0.1) is 0 Å². The second-order valence-corrected chi connectivity index (χ2v) is 6.51. The molecule has 0 saturated heterocycles. The van der Waals surface area contributed by atoms with Gasteiger partial charge in [0.15, 0.2) is 0 Å². The maximum absolute atomic E-state index is 12.0. The SMILES string of the molecule is NOS(=O)(=O)c1ccc2ccc3cccc4ccc1c2c34. The van der Waals surface area contributed by atoms with E-state index in [2.05, 4.69) is 4.28 Å². The van der Waals surface area contributed by atoms with Crippen LogP contribution >= 0.6 is 0 Å². The molecule has 0 bridgehead atoms. The van der Waals surface area contributed by atoms with Gasteiger partial charge < -0.3 is 0 Å². The van der Waals surface area contributed by atoms with Gasteiger partial charge in [0.25, 0.3) is 0 Å². The topological polar surface area (TPSA) is 69.4 Å². The summed E-state index contributed by atoms with van der Waals surface area (Å²) in [5, 5.41) is 5.75. The summed E-state index contributed by atoms with van der Waals surface area (Å²) in [7, 11) is -3.95. The molecule has 0 saturated carbocycles. The van der Waals surface area contributed by atoms with Crippen LogP contribution in [0.1, 0.15) is 0 Å². The molecule has 4 rings (SSSR count). The van der Waals surface area contributed by atoms with Gasteiger partial charge in [-0.15, -0.1) is 0 Å². The van der Waals surface area contributed by atoms with Crippen molar-refractivity contribution in [3.05, 3.63) is 54.6 Å². The standard InChI is InChI=1S/C16H11NO3S/c17-20-21(18,19)14-9-7-12-5-4-10-2-1-3-11-6-8-13(14)16(12)15(10)11/h1-9H,17H2. The van der Waals surface area contributed by atoms with Crippen molar-refractivity contribution < 1.29 is 12.7 Å². The van der Waals surface area contributed by atoms with Crippen molar-refractivity contribution in [1.82, 2.24) is 0 Å². The zero-order valence-electron chi connectivity index (χ0n) is 10.9. The lowest BCUT2D eigenvalue weighted by molar-refractivity contribution is 0.333. The molecular weight excluding hydrogens is 286 g/mol. The van der Waals surface area contributed by atoms with Crippen molar-refractivity contribution in [2.24, 2.45) is 5.90 Å². The molecular formula is C16H11NO3S. The van der Waals surface area contributed by atoms with E-state index in [4.69, 9.17) is 5.90 Å². The lowest BCUT2D eigenvalue weighted by Gasteiger charge is -2.13. The molecule has 0 aliphatic rings. The number of benzene rings is 4. The number of nitrogens with two attached hydrogens (primary N) is 1. The highest BCUT2D eigenvalue weighted by Crippen LogP contribution is 2.37. The summed E-state index contributed by atoms with van der Waals surface area (Å²) in [6, 6.07) is 17.1. The molecule has 0 spiro atoms. The Balaban J connectivity index is 2.32. The molecule has 0 atom stereocenters. The first-order valence-corrected chi connectivity index (χ1v) is 7.82. The molecule has 4 nitrogen and oxygen atoms in total. The van der Waals surface area contributed by atoms with Crippen molar-refractivity contribution in [1.29, 1.82) is 0 Å². The van der Waals surface area contributed by atoms with Gasteiger partial charge in [-0.1, -0.05) is 48.5 Å². The summed E-state index contributed by atoms with van der Waals surface area (Å²) in [6.07, 6.45) is 0. The van der Waals surface area contributed by atoms with Crippen LogP contribution in [-0.2, 0) is 14.4 Å². The number of hydrogen-bond donors (Lipinski definition) is 1. The molecule has 0 aliphatic heterocycles. The van der Waals surface area contributed by atoms with Crippen LogP contribution in [0.15, 0.2) is 59.5 Å². The summed E-state index contributed by atoms with van der Waals surface area (Å²) in [5.74, 6) is 4.92. The number of hydrogen-bond acceptors (Lipinski definition) is 4. The van der Waals surface area contributed by atoms with E-state index < -0.39 is 10.1 Å². The molecule has 2 N–H and O–H groups in total. The third kappa shape index (κ3) is 1.65. The summed E-state index contributed by atoms with van der Waals surface area (Å²) >= 11 is 0. The van der Waals surface area contributed by atoms with Crippen LogP contribution in [0.2, 0.25) is 0 Å². The second kappa shape index (κ2) is 4.14. The Morgan fingerprint density at radius 3 is 2.00 bits per heavy atom. The Morgan fingerprint density at radius 2 is 1.33 bits per heavy atom. The van der Waals surface area contributed by atoms with E-state index in [-0.39, 0.29) is 4.90 Å². The van der Waals surface area contributed by atoms with Gasteiger partial charge in [0.2, 0.25) is 0 Å². The average Bonchev–Trinajstić information content (AvgIpc) is 2.52. The van der Waals surface area contributed by atoms with Crippen LogP contribution in [0.3, 0.4) is 0 Å². The summed E-state index contributed by atoms with van der Waals surface area (Å²) in [6.45, 7) is 0. The van der Waals surface area contributed by atoms with E-state index in [1.165, 1.54) is 6.07 Å². The first-order valence-electron chi connectivity index (χ1n) is 6.42. The zero-order valence-corrected chi connectivity index (χ0v) is 11.7. The highest BCUT2D eigenvalue weighted by atomic mass is 32.2. The minimum absolute atomic E-state index is 0.0933. The van der Waals surface area contributed by atoms with Crippen molar-refractivity contribution in [3.8, 4) is 0 Å². The maximum Gasteiger partial charge on any atom is 0.313 e. The molecule has 104 valence electrons. The second-order valence-electron chi connectivity index (χ2n) is 4.97. The molecule has 0 heterocycles. The van der Waals surface area contributed by atoms with E-state index in [0.29, 0.717) is 5.39 Å². The summed E-state index contributed by atoms with van der Waals surface area (Å²) in [4.78, 5) is 0.0933. The number of rotatable bonds is 2. The lowest BCUT2D eigenvalue weighted by Crippen LogP contribution is -2.11. The Morgan fingerprint density at radius 1 is 0.762 bits per heavy atom. The Bertz CT molecular complexity index is 1070. The van der Waals surface area contributed by atoms with E-state index in [0.717, 1.165) is 26.9 Å². The third-order valence-corrected chi connectivity index (χ3v) is 5.03. The van der Waals surface area contributed by atoms with Crippen LogP contribution in [0, 0.1) is 0 Å². The van der Waals surface area contributed by atoms with Crippen molar-refractivity contribution in [2.45, 2.75) is 4.90 Å². The zero-order chi connectivity index (χ0) is 14.6. The van der Waals surface area contributed by atoms with Gasteiger partial charge in [0, 0.05) is 5.39 Å². The predicted molar refractivity (Wildman–Crippen MR) is 82.6 cm³/mol. The predicted octanol–water partition coefficient (Wildman–Crippen LogP) is 3.16. The third-order valence-electron chi connectivity index (χ3n) is 3.88. The normalized spacial score (nSPS) is 12.6. The molecule has 0 fully saturated rings. The van der Waals surface area contributed by atoms with Crippen LogP contribution in [0.25, 0.3) is 32.3 Å². The monoisotopic (exact) mass is 297 g/mol. The fourth-order valence-electron chi connectivity index (χ4n) is 2.98. The smallest absolute Gasteiger partial charge is 0.197 e. The van der Waals surface area contributed by atoms with Crippen LogP contribution < -0.4 is 5.90 Å². The fourth-order valence-corrected chi connectivity index (χ4v) is 3.76. The molecule has 0 unspecified atom stereocenters. The maximum atomic E-state index is 12.0. The van der Waals surface area contributed by atoms with Gasteiger partial charge in [-0.25, -0.2) is 0 Å². The summed E-state index contributed by atoms with van der Waals surface area (Å²) in [5.41, 5.74) is 0.